The summed E-state index contributed by atoms with van der Waals surface area (Å²) in [4.78, 5) is 7.17. The van der Waals surface area contributed by atoms with E-state index in [-0.39, 0.29) is 0 Å². The van der Waals surface area contributed by atoms with Gasteiger partial charge in [-0.1, -0.05) is 23.7 Å². The van der Waals surface area contributed by atoms with Crippen molar-refractivity contribution in [3.8, 4) is 11.4 Å². The lowest BCUT2D eigenvalue weighted by atomic mass is 10.1. The lowest BCUT2D eigenvalue weighted by molar-refractivity contribution is -0.137. The summed E-state index contributed by atoms with van der Waals surface area (Å²) in [6.07, 6.45) is -4.40. The van der Waals surface area contributed by atoms with Crippen LogP contribution in [0.4, 0.5) is 18.9 Å². The smallest absolute Gasteiger partial charge is 0.397 e. The maximum Gasteiger partial charge on any atom is 0.416 e. The average Bonchev–Trinajstić information content (AvgIpc) is 2.82. The molecule has 0 aliphatic heterocycles. The van der Waals surface area contributed by atoms with E-state index in [1.54, 1.807) is 18.2 Å². The second-order valence-corrected chi connectivity index (χ2v) is 4.99. The van der Waals surface area contributed by atoms with E-state index in [0.29, 0.717) is 33.1 Å². The first-order valence-corrected chi connectivity index (χ1v) is 6.35. The second-order valence-electron chi connectivity index (χ2n) is 4.56. The van der Waals surface area contributed by atoms with Crippen LogP contribution in [0.25, 0.3) is 22.4 Å². The summed E-state index contributed by atoms with van der Waals surface area (Å²) in [7, 11) is 0. The molecule has 108 valence electrons. The lowest BCUT2D eigenvalue weighted by Crippen LogP contribution is -2.04. The number of hydrogen-bond donors (Lipinski definition) is 2. The normalized spacial score (nSPS) is 12.0. The fourth-order valence-electron chi connectivity index (χ4n) is 2.09. The number of imidazole rings is 1. The number of H-pyrrole nitrogens is 1. The third kappa shape index (κ3) is 2.54. The number of aromatic amines is 1. The first-order chi connectivity index (χ1) is 9.84. The Kier molecular flexibility index (Phi) is 3.06. The van der Waals surface area contributed by atoms with Crippen LogP contribution in [-0.4, -0.2) is 9.97 Å². The number of nitrogens with two attached hydrogens (primary N) is 1. The molecule has 0 atom stereocenters. The number of hydrogen-bond acceptors (Lipinski definition) is 2. The molecule has 0 bridgehead atoms. The monoisotopic (exact) mass is 311 g/mol. The van der Waals surface area contributed by atoms with Crippen molar-refractivity contribution in [1.82, 2.24) is 9.97 Å². The number of fused-ring (bicyclic) bond motifs is 1. The molecule has 0 aliphatic rings. The number of alkyl halides is 3. The van der Waals surface area contributed by atoms with Crippen molar-refractivity contribution >= 4 is 28.3 Å². The van der Waals surface area contributed by atoms with Crippen LogP contribution in [0.2, 0.25) is 5.02 Å². The van der Waals surface area contributed by atoms with Crippen LogP contribution in [0.3, 0.4) is 0 Å². The maximum absolute atomic E-state index is 12.7. The molecule has 0 fully saturated rings. The molecular formula is C14H9ClF3N3. The Morgan fingerprint density at radius 1 is 1.14 bits per heavy atom. The van der Waals surface area contributed by atoms with Crippen molar-refractivity contribution in [2.75, 3.05) is 5.73 Å². The average molecular weight is 312 g/mol. The van der Waals surface area contributed by atoms with Gasteiger partial charge < -0.3 is 10.7 Å². The second kappa shape index (κ2) is 4.66. The molecule has 0 saturated heterocycles. The molecule has 0 aliphatic carbocycles. The van der Waals surface area contributed by atoms with E-state index < -0.39 is 11.7 Å². The fourth-order valence-corrected chi connectivity index (χ4v) is 2.31. The van der Waals surface area contributed by atoms with E-state index in [4.69, 9.17) is 17.3 Å². The van der Waals surface area contributed by atoms with Gasteiger partial charge in [0.15, 0.2) is 0 Å². The van der Waals surface area contributed by atoms with E-state index in [0.717, 1.165) is 12.1 Å². The molecule has 21 heavy (non-hydrogen) atoms. The lowest BCUT2D eigenvalue weighted by Gasteiger charge is -2.07. The van der Waals surface area contributed by atoms with Gasteiger partial charge >= 0.3 is 6.18 Å². The zero-order chi connectivity index (χ0) is 15.2. The summed E-state index contributed by atoms with van der Waals surface area (Å²) in [5.74, 6) is 0.310. The number of aromatic nitrogens is 2. The molecule has 7 heteroatoms. The predicted octanol–water partition coefficient (Wildman–Crippen LogP) is 4.48. The largest absolute Gasteiger partial charge is 0.416 e. The Labute approximate surface area is 122 Å². The van der Waals surface area contributed by atoms with Gasteiger partial charge in [0.2, 0.25) is 0 Å². The topological polar surface area (TPSA) is 54.7 Å². The molecule has 3 nitrogen and oxygen atoms in total. The van der Waals surface area contributed by atoms with Gasteiger partial charge in [0.25, 0.3) is 0 Å². The summed E-state index contributed by atoms with van der Waals surface area (Å²) in [5, 5.41) is 0.430. The molecular weight excluding hydrogens is 303 g/mol. The van der Waals surface area contributed by atoms with Gasteiger partial charge in [-0.2, -0.15) is 13.2 Å². The van der Waals surface area contributed by atoms with Gasteiger partial charge in [-0.05, 0) is 24.3 Å². The Morgan fingerprint density at radius 3 is 2.62 bits per heavy atom. The third-order valence-electron chi connectivity index (χ3n) is 3.04. The maximum atomic E-state index is 12.7. The quantitative estimate of drug-likeness (QED) is 0.651. The first-order valence-electron chi connectivity index (χ1n) is 5.97. The number of nitrogens with zero attached hydrogens (tertiary/aromatic N) is 1. The molecule has 0 unspecified atom stereocenters. The number of nitrogen functional groups attached to an aromatic ring is 1. The number of rotatable bonds is 1. The number of halogens is 4. The minimum absolute atomic E-state index is 0.310. The molecule has 1 heterocycles. The van der Waals surface area contributed by atoms with E-state index in [1.807, 2.05) is 0 Å². The zero-order valence-electron chi connectivity index (χ0n) is 10.5. The van der Waals surface area contributed by atoms with Crippen LogP contribution in [0.1, 0.15) is 5.56 Å². The summed E-state index contributed by atoms with van der Waals surface area (Å²) in [6, 6.07) is 8.09. The van der Waals surface area contributed by atoms with Crippen LogP contribution in [-0.2, 0) is 6.18 Å². The van der Waals surface area contributed by atoms with E-state index in [1.165, 1.54) is 6.07 Å². The van der Waals surface area contributed by atoms with Crippen LogP contribution in [0.5, 0.6) is 0 Å². The molecule has 0 radical (unpaired) electrons. The molecule has 3 rings (SSSR count). The van der Waals surface area contributed by atoms with Crippen LogP contribution >= 0.6 is 11.6 Å². The van der Waals surface area contributed by atoms with E-state index >= 15 is 0 Å². The van der Waals surface area contributed by atoms with E-state index in [2.05, 4.69) is 9.97 Å². The van der Waals surface area contributed by atoms with Gasteiger partial charge in [-0.3, -0.25) is 0 Å². The van der Waals surface area contributed by atoms with Crippen molar-refractivity contribution in [2.45, 2.75) is 6.18 Å². The standard InChI is InChI=1S/C14H9ClF3N3/c15-9-5-10(19)12-11(6-9)20-13(21-12)7-2-1-3-8(4-7)14(16,17)18/h1-6H,19H2,(H,20,21). The molecule has 1 aromatic heterocycles. The minimum atomic E-state index is -4.40. The number of nitrogens with one attached hydrogen (secondary N) is 1. The van der Waals surface area contributed by atoms with Crippen molar-refractivity contribution < 1.29 is 13.2 Å². The highest BCUT2D eigenvalue weighted by Gasteiger charge is 2.30. The highest BCUT2D eigenvalue weighted by Crippen LogP contribution is 2.33. The van der Waals surface area contributed by atoms with Crippen molar-refractivity contribution in [2.24, 2.45) is 0 Å². The third-order valence-corrected chi connectivity index (χ3v) is 3.26. The van der Waals surface area contributed by atoms with Gasteiger partial charge in [0.1, 0.15) is 11.3 Å². The van der Waals surface area contributed by atoms with Crippen LogP contribution in [0, 0.1) is 0 Å². The van der Waals surface area contributed by atoms with Gasteiger partial charge in [0.05, 0.1) is 16.8 Å². The minimum Gasteiger partial charge on any atom is -0.397 e. The Balaban J connectivity index is 2.15. The molecule has 0 spiro atoms. The van der Waals surface area contributed by atoms with Gasteiger partial charge in [-0.25, -0.2) is 4.98 Å². The highest BCUT2D eigenvalue weighted by molar-refractivity contribution is 6.31. The summed E-state index contributed by atoms with van der Waals surface area (Å²) < 4.78 is 38.2. The van der Waals surface area contributed by atoms with E-state index in [9.17, 15) is 13.2 Å². The molecule has 2 aromatic carbocycles. The Hall–Kier alpha value is -2.21. The van der Waals surface area contributed by atoms with Gasteiger partial charge in [0, 0.05) is 10.6 Å². The van der Waals surface area contributed by atoms with Crippen LogP contribution in [0.15, 0.2) is 36.4 Å². The summed E-state index contributed by atoms with van der Waals surface area (Å²) >= 11 is 5.89. The summed E-state index contributed by atoms with van der Waals surface area (Å²) in [5.41, 5.74) is 6.82. The zero-order valence-corrected chi connectivity index (χ0v) is 11.3. The highest BCUT2D eigenvalue weighted by atomic mass is 35.5. The summed E-state index contributed by atoms with van der Waals surface area (Å²) in [6.45, 7) is 0. The van der Waals surface area contributed by atoms with Crippen molar-refractivity contribution in [1.29, 1.82) is 0 Å². The fraction of sp³-hybridized carbons (Fsp3) is 0.0714. The Bertz CT molecular complexity index is 824. The molecule has 3 N–H and O–H groups in total. The number of anilines is 1. The van der Waals surface area contributed by atoms with Crippen molar-refractivity contribution in [3.63, 3.8) is 0 Å². The van der Waals surface area contributed by atoms with Crippen LogP contribution < -0.4 is 5.73 Å². The first kappa shape index (κ1) is 13.8. The molecule has 3 aromatic rings. The SMILES string of the molecule is Nc1cc(Cl)cc2[nH]c(-c3cccc(C(F)(F)F)c3)nc12. The van der Waals surface area contributed by atoms with Gasteiger partial charge in [-0.15, -0.1) is 0 Å². The number of benzene rings is 2. The molecule has 0 saturated carbocycles. The Morgan fingerprint density at radius 2 is 1.90 bits per heavy atom. The molecule has 0 amide bonds. The predicted molar refractivity (Wildman–Crippen MR) is 76.0 cm³/mol. The van der Waals surface area contributed by atoms with Crippen molar-refractivity contribution in [3.05, 3.63) is 47.0 Å².